The van der Waals surface area contributed by atoms with Gasteiger partial charge in [-0.25, -0.2) is 4.98 Å². The topological polar surface area (TPSA) is 59.8 Å². The van der Waals surface area contributed by atoms with Crippen LogP contribution in [-0.2, 0) is 18.3 Å². The molecule has 1 amide bonds. The zero-order valence-electron chi connectivity index (χ0n) is 11.2. The monoisotopic (exact) mass is 278 g/mol. The normalized spacial score (nSPS) is 12.3. The minimum absolute atomic E-state index is 0.0621. The molecule has 0 aromatic carbocycles. The van der Waals surface area contributed by atoms with Crippen LogP contribution in [0.3, 0.4) is 0 Å². The van der Waals surface area contributed by atoms with Crippen LogP contribution in [-0.4, -0.2) is 20.7 Å². The molecule has 5 nitrogen and oxygen atoms in total. The molecule has 2 heterocycles. The molecule has 1 unspecified atom stereocenters. The van der Waals surface area contributed by atoms with Crippen LogP contribution in [0, 0.1) is 0 Å². The van der Waals surface area contributed by atoms with Gasteiger partial charge in [0, 0.05) is 18.3 Å². The van der Waals surface area contributed by atoms with Gasteiger partial charge >= 0.3 is 0 Å². The number of aryl methyl sites for hydroxylation is 2. The number of rotatable bonds is 6. The fraction of sp³-hybridized carbons (Fsp3) is 0.462. The molecule has 2 aromatic heterocycles. The van der Waals surface area contributed by atoms with Crippen molar-refractivity contribution in [3.8, 4) is 0 Å². The molecule has 0 spiro atoms. The molecule has 6 heteroatoms. The van der Waals surface area contributed by atoms with E-state index in [-0.39, 0.29) is 11.9 Å². The Labute approximate surface area is 116 Å². The van der Waals surface area contributed by atoms with Crippen molar-refractivity contribution < 1.29 is 4.79 Å². The molecule has 19 heavy (non-hydrogen) atoms. The lowest BCUT2D eigenvalue weighted by Crippen LogP contribution is -2.28. The molecule has 2 rings (SSSR count). The van der Waals surface area contributed by atoms with Gasteiger partial charge in [0.25, 0.3) is 0 Å². The zero-order chi connectivity index (χ0) is 13.7. The maximum atomic E-state index is 11.8. The summed E-state index contributed by atoms with van der Waals surface area (Å²) < 4.78 is 1.68. The van der Waals surface area contributed by atoms with E-state index in [1.165, 1.54) is 11.2 Å². The summed E-state index contributed by atoms with van der Waals surface area (Å²) in [4.78, 5) is 17.3. The molecule has 0 saturated heterocycles. The summed E-state index contributed by atoms with van der Waals surface area (Å²) in [5.41, 5.74) is 0. The molecule has 0 radical (unpaired) electrons. The quantitative estimate of drug-likeness (QED) is 0.880. The van der Waals surface area contributed by atoms with Crippen molar-refractivity contribution in [2.24, 2.45) is 7.05 Å². The van der Waals surface area contributed by atoms with Gasteiger partial charge in [-0.3, -0.25) is 9.48 Å². The van der Waals surface area contributed by atoms with Crippen LogP contribution >= 0.6 is 11.3 Å². The van der Waals surface area contributed by atoms with E-state index in [0.29, 0.717) is 6.42 Å². The third-order valence-corrected chi connectivity index (χ3v) is 3.85. The third kappa shape index (κ3) is 3.89. The predicted molar refractivity (Wildman–Crippen MR) is 74.8 cm³/mol. The van der Waals surface area contributed by atoms with E-state index < -0.39 is 0 Å². The van der Waals surface area contributed by atoms with Gasteiger partial charge in [0.05, 0.1) is 6.04 Å². The summed E-state index contributed by atoms with van der Waals surface area (Å²) in [5.74, 6) is 0.832. The van der Waals surface area contributed by atoms with E-state index in [4.69, 9.17) is 0 Å². The highest BCUT2D eigenvalue weighted by atomic mass is 32.1. The van der Waals surface area contributed by atoms with Gasteiger partial charge in [-0.2, -0.15) is 5.10 Å². The van der Waals surface area contributed by atoms with E-state index in [2.05, 4.69) is 26.8 Å². The van der Waals surface area contributed by atoms with Gasteiger partial charge < -0.3 is 5.32 Å². The SMILES string of the molecule is CC(NC(=O)CCCc1cccs1)c1ncnn1C. The molecular formula is C13H18N4OS. The molecule has 1 atom stereocenters. The van der Waals surface area contributed by atoms with Gasteiger partial charge in [0.1, 0.15) is 12.2 Å². The minimum Gasteiger partial charge on any atom is -0.346 e. The molecule has 0 bridgehead atoms. The van der Waals surface area contributed by atoms with E-state index in [1.54, 1.807) is 16.0 Å². The first-order chi connectivity index (χ1) is 9.16. The summed E-state index contributed by atoms with van der Waals surface area (Å²) >= 11 is 1.74. The van der Waals surface area contributed by atoms with Crippen molar-refractivity contribution in [3.63, 3.8) is 0 Å². The Morgan fingerprint density at radius 3 is 3.05 bits per heavy atom. The van der Waals surface area contributed by atoms with Crippen LogP contribution < -0.4 is 5.32 Å². The van der Waals surface area contributed by atoms with E-state index in [0.717, 1.165) is 18.7 Å². The summed E-state index contributed by atoms with van der Waals surface area (Å²) in [6.07, 6.45) is 3.87. The highest BCUT2D eigenvalue weighted by molar-refractivity contribution is 7.09. The summed E-state index contributed by atoms with van der Waals surface area (Å²) in [7, 11) is 1.82. The van der Waals surface area contributed by atoms with Gasteiger partial charge in [0.2, 0.25) is 5.91 Å². The Bertz CT molecular complexity index is 520. The van der Waals surface area contributed by atoms with Gasteiger partial charge in [-0.15, -0.1) is 11.3 Å². The Morgan fingerprint density at radius 2 is 2.42 bits per heavy atom. The van der Waals surface area contributed by atoms with E-state index in [1.807, 2.05) is 20.0 Å². The first-order valence-corrected chi connectivity index (χ1v) is 7.20. The summed E-state index contributed by atoms with van der Waals surface area (Å²) in [5, 5.41) is 9.00. The highest BCUT2D eigenvalue weighted by Gasteiger charge is 2.13. The van der Waals surface area contributed by atoms with Gasteiger partial charge in [-0.1, -0.05) is 6.07 Å². The van der Waals surface area contributed by atoms with Crippen LogP contribution in [0.15, 0.2) is 23.8 Å². The fourth-order valence-corrected chi connectivity index (χ4v) is 2.70. The number of nitrogens with zero attached hydrogens (tertiary/aromatic N) is 3. The van der Waals surface area contributed by atoms with Crippen molar-refractivity contribution in [3.05, 3.63) is 34.5 Å². The standard InChI is InChI=1S/C13H18N4OS/c1-10(13-14-9-15-17(13)2)16-12(18)7-3-5-11-6-4-8-19-11/h4,6,8-10H,3,5,7H2,1-2H3,(H,16,18). The first kappa shape index (κ1) is 13.7. The number of aromatic nitrogens is 3. The lowest BCUT2D eigenvalue weighted by atomic mass is 10.2. The number of hydrogen-bond acceptors (Lipinski definition) is 4. The van der Waals surface area contributed by atoms with Gasteiger partial charge in [-0.05, 0) is 31.2 Å². The van der Waals surface area contributed by atoms with Crippen LogP contribution in [0.25, 0.3) is 0 Å². The molecule has 0 aliphatic rings. The maximum Gasteiger partial charge on any atom is 0.220 e. The second-order valence-electron chi connectivity index (χ2n) is 4.46. The Morgan fingerprint density at radius 1 is 1.58 bits per heavy atom. The number of hydrogen-bond donors (Lipinski definition) is 1. The fourth-order valence-electron chi connectivity index (χ4n) is 1.95. The Balaban J connectivity index is 1.74. The third-order valence-electron chi connectivity index (χ3n) is 2.92. The summed E-state index contributed by atoms with van der Waals surface area (Å²) in [6.45, 7) is 1.92. The van der Waals surface area contributed by atoms with Crippen molar-refractivity contribution in [1.29, 1.82) is 0 Å². The summed E-state index contributed by atoms with van der Waals surface area (Å²) in [6, 6.07) is 4.03. The van der Waals surface area contributed by atoms with Crippen LogP contribution in [0.5, 0.6) is 0 Å². The van der Waals surface area contributed by atoms with Crippen molar-refractivity contribution >= 4 is 17.2 Å². The van der Waals surface area contributed by atoms with Crippen LogP contribution in [0.1, 0.15) is 36.5 Å². The maximum absolute atomic E-state index is 11.8. The van der Waals surface area contributed by atoms with Crippen molar-refractivity contribution in [1.82, 2.24) is 20.1 Å². The Kier molecular flexibility index (Phi) is 4.68. The number of carbonyl (C=O) groups excluding carboxylic acids is 1. The van der Waals surface area contributed by atoms with Gasteiger partial charge in [0.15, 0.2) is 0 Å². The lowest BCUT2D eigenvalue weighted by Gasteiger charge is -2.12. The van der Waals surface area contributed by atoms with Crippen LogP contribution in [0.2, 0.25) is 0 Å². The molecule has 0 saturated carbocycles. The lowest BCUT2D eigenvalue weighted by molar-refractivity contribution is -0.121. The number of amides is 1. The highest BCUT2D eigenvalue weighted by Crippen LogP contribution is 2.12. The second kappa shape index (κ2) is 6.47. The number of carbonyl (C=O) groups is 1. The first-order valence-electron chi connectivity index (χ1n) is 6.32. The molecular weight excluding hydrogens is 260 g/mol. The molecule has 0 aliphatic carbocycles. The van der Waals surface area contributed by atoms with Crippen molar-refractivity contribution in [2.75, 3.05) is 0 Å². The van der Waals surface area contributed by atoms with E-state index in [9.17, 15) is 4.79 Å². The molecule has 102 valence electrons. The molecule has 0 fully saturated rings. The minimum atomic E-state index is -0.110. The second-order valence-corrected chi connectivity index (χ2v) is 5.50. The van der Waals surface area contributed by atoms with Crippen molar-refractivity contribution in [2.45, 2.75) is 32.2 Å². The van der Waals surface area contributed by atoms with E-state index >= 15 is 0 Å². The zero-order valence-corrected chi connectivity index (χ0v) is 12.0. The molecule has 1 N–H and O–H groups in total. The van der Waals surface area contributed by atoms with Crippen LogP contribution in [0.4, 0.5) is 0 Å². The predicted octanol–water partition coefficient (Wildman–Crippen LogP) is 2.08. The Hall–Kier alpha value is -1.69. The molecule has 2 aromatic rings. The molecule has 0 aliphatic heterocycles. The average Bonchev–Trinajstić information content (AvgIpc) is 3.00. The average molecular weight is 278 g/mol. The number of thiophene rings is 1. The number of nitrogens with one attached hydrogen (secondary N) is 1. The largest absolute Gasteiger partial charge is 0.346 e. The smallest absolute Gasteiger partial charge is 0.220 e.